The van der Waals surface area contributed by atoms with E-state index in [9.17, 15) is 4.79 Å². The van der Waals surface area contributed by atoms with Crippen LogP contribution in [0.4, 0.5) is 10.5 Å². The lowest BCUT2D eigenvalue weighted by atomic mass is 10.1. The van der Waals surface area contributed by atoms with Crippen LogP contribution in [0.3, 0.4) is 0 Å². The van der Waals surface area contributed by atoms with Gasteiger partial charge in [0.1, 0.15) is 6.26 Å². The molecule has 0 aliphatic rings. The van der Waals surface area contributed by atoms with Gasteiger partial charge >= 0.3 is 6.03 Å². The summed E-state index contributed by atoms with van der Waals surface area (Å²) in [5, 5.41) is 14.6. The van der Waals surface area contributed by atoms with E-state index >= 15 is 0 Å². The van der Waals surface area contributed by atoms with Crippen molar-refractivity contribution in [2.45, 2.75) is 19.9 Å². The SMILES string of the molecule is CC(CO)C(C)NC(=O)Nc1ccc(-c2ncco2)cc1. The fourth-order valence-electron chi connectivity index (χ4n) is 1.74. The number of carbonyl (C=O) groups excluding carboxylic acids is 1. The molecule has 0 fully saturated rings. The lowest BCUT2D eigenvalue weighted by Crippen LogP contribution is -2.40. The highest BCUT2D eigenvalue weighted by atomic mass is 16.3. The van der Waals surface area contributed by atoms with Crippen molar-refractivity contribution in [2.75, 3.05) is 11.9 Å². The number of hydrogen-bond acceptors (Lipinski definition) is 4. The molecule has 1 aromatic carbocycles. The number of urea groups is 1. The van der Waals surface area contributed by atoms with Crippen molar-refractivity contribution in [3.63, 3.8) is 0 Å². The van der Waals surface area contributed by atoms with E-state index in [0.717, 1.165) is 5.56 Å². The third-order valence-corrected chi connectivity index (χ3v) is 3.32. The van der Waals surface area contributed by atoms with Gasteiger partial charge in [-0.2, -0.15) is 0 Å². The van der Waals surface area contributed by atoms with Gasteiger partial charge in [-0.3, -0.25) is 0 Å². The third-order valence-electron chi connectivity index (χ3n) is 3.32. The summed E-state index contributed by atoms with van der Waals surface area (Å²) >= 11 is 0. The van der Waals surface area contributed by atoms with E-state index in [0.29, 0.717) is 11.6 Å². The average Bonchev–Trinajstić information content (AvgIpc) is 3.01. The molecule has 0 saturated carbocycles. The average molecular weight is 289 g/mol. The Kier molecular flexibility index (Phi) is 4.94. The molecule has 2 amide bonds. The molecule has 0 bridgehead atoms. The highest BCUT2D eigenvalue weighted by molar-refractivity contribution is 5.89. The van der Waals surface area contributed by atoms with Gasteiger partial charge in [0.25, 0.3) is 0 Å². The van der Waals surface area contributed by atoms with Crippen molar-refractivity contribution >= 4 is 11.7 Å². The Morgan fingerprint density at radius 3 is 2.62 bits per heavy atom. The molecule has 6 heteroatoms. The second-order valence-electron chi connectivity index (χ2n) is 4.96. The molecular formula is C15H19N3O3. The van der Waals surface area contributed by atoms with E-state index < -0.39 is 0 Å². The number of rotatable bonds is 5. The Balaban J connectivity index is 1.93. The van der Waals surface area contributed by atoms with Crippen LogP contribution in [0, 0.1) is 5.92 Å². The molecular weight excluding hydrogens is 270 g/mol. The normalized spacial score (nSPS) is 13.5. The molecule has 2 aromatic rings. The number of nitrogens with one attached hydrogen (secondary N) is 2. The van der Waals surface area contributed by atoms with E-state index in [4.69, 9.17) is 9.52 Å². The fraction of sp³-hybridized carbons (Fsp3) is 0.333. The summed E-state index contributed by atoms with van der Waals surface area (Å²) in [6.45, 7) is 3.76. The molecule has 0 saturated heterocycles. The number of aliphatic hydroxyl groups is 1. The summed E-state index contributed by atoms with van der Waals surface area (Å²) in [6, 6.07) is 6.79. The molecule has 2 unspecified atom stereocenters. The summed E-state index contributed by atoms with van der Waals surface area (Å²) in [5.41, 5.74) is 1.51. The number of oxazole rings is 1. The third kappa shape index (κ3) is 4.06. The number of amides is 2. The summed E-state index contributed by atoms with van der Waals surface area (Å²) in [5.74, 6) is 0.541. The number of aromatic nitrogens is 1. The zero-order valence-electron chi connectivity index (χ0n) is 12.0. The summed E-state index contributed by atoms with van der Waals surface area (Å²) < 4.78 is 5.20. The van der Waals surface area contributed by atoms with Gasteiger partial charge < -0.3 is 20.2 Å². The van der Waals surface area contributed by atoms with Crippen molar-refractivity contribution in [3.8, 4) is 11.5 Å². The zero-order chi connectivity index (χ0) is 15.2. The number of anilines is 1. The molecule has 2 rings (SSSR count). The molecule has 3 N–H and O–H groups in total. The van der Waals surface area contributed by atoms with Gasteiger partial charge in [-0.05, 0) is 37.1 Å². The first-order valence-electron chi connectivity index (χ1n) is 6.78. The maximum absolute atomic E-state index is 11.8. The molecule has 6 nitrogen and oxygen atoms in total. The number of nitrogens with zero attached hydrogens (tertiary/aromatic N) is 1. The van der Waals surface area contributed by atoms with E-state index in [1.54, 1.807) is 18.3 Å². The molecule has 0 aliphatic heterocycles. The van der Waals surface area contributed by atoms with Crippen LogP contribution in [0.15, 0.2) is 41.1 Å². The van der Waals surface area contributed by atoms with E-state index in [2.05, 4.69) is 15.6 Å². The Labute approximate surface area is 123 Å². The first-order valence-corrected chi connectivity index (χ1v) is 6.78. The molecule has 21 heavy (non-hydrogen) atoms. The minimum atomic E-state index is -0.299. The van der Waals surface area contributed by atoms with Crippen LogP contribution >= 0.6 is 0 Å². The molecule has 0 spiro atoms. The van der Waals surface area contributed by atoms with E-state index in [-0.39, 0.29) is 24.6 Å². The first kappa shape index (κ1) is 15.1. The molecule has 112 valence electrons. The molecule has 2 atom stereocenters. The maximum atomic E-state index is 11.8. The summed E-state index contributed by atoms with van der Waals surface area (Å²) in [6.07, 6.45) is 3.09. The Hall–Kier alpha value is -2.34. The van der Waals surface area contributed by atoms with Gasteiger partial charge in [-0.1, -0.05) is 6.92 Å². The Morgan fingerprint density at radius 1 is 1.33 bits per heavy atom. The van der Waals surface area contributed by atoms with Gasteiger partial charge in [0, 0.05) is 23.9 Å². The van der Waals surface area contributed by atoms with E-state index in [1.807, 2.05) is 26.0 Å². The smallest absolute Gasteiger partial charge is 0.319 e. The van der Waals surface area contributed by atoms with Crippen molar-refractivity contribution in [1.82, 2.24) is 10.3 Å². The molecule has 1 heterocycles. The van der Waals surface area contributed by atoms with Gasteiger partial charge in [-0.15, -0.1) is 0 Å². The van der Waals surface area contributed by atoms with Crippen LogP contribution in [0.1, 0.15) is 13.8 Å². The summed E-state index contributed by atoms with van der Waals surface area (Å²) in [7, 11) is 0. The monoisotopic (exact) mass is 289 g/mol. The maximum Gasteiger partial charge on any atom is 0.319 e. The van der Waals surface area contributed by atoms with Crippen LogP contribution < -0.4 is 10.6 Å². The highest BCUT2D eigenvalue weighted by Gasteiger charge is 2.13. The zero-order valence-corrected chi connectivity index (χ0v) is 12.0. The minimum absolute atomic E-state index is 0.00292. The lowest BCUT2D eigenvalue weighted by Gasteiger charge is -2.19. The van der Waals surface area contributed by atoms with Crippen molar-refractivity contribution in [1.29, 1.82) is 0 Å². The number of hydrogen-bond donors (Lipinski definition) is 3. The van der Waals surface area contributed by atoms with E-state index in [1.165, 1.54) is 6.26 Å². The lowest BCUT2D eigenvalue weighted by molar-refractivity contribution is 0.204. The molecule has 0 aliphatic carbocycles. The largest absolute Gasteiger partial charge is 0.445 e. The van der Waals surface area contributed by atoms with Gasteiger partial charge in [-0.25, -0.2) is 9.78 Å². The number of aliphatic hydroxyl groups excluding tert-OH is 1. The van der Waals surface area contributed by atoms with Crippen LogP contribution in [0.5, 0.6) is 0 Å². The topological polar surface area (TPSA) is 87.4 Å². The van der Waals surface area contributed by atoms with Crippen molar-refractivity contribution in [3.05, 3.63) is 36.7 Å². The van der Waals surface area contributed by atoms with Crippen LogP contribution in [0.25, 0.3) is 11.5 Å². The Morgan fingerprint density at radius 2 is 2.05 bits per heavy atom. The number of carbonyl (C=O) groups is 1. The van der Waals surface area contributed by atoms with Gasteiger partial charge in [0.15, 0.2) is 0 Å². The van der Waals surface area contributed by atoms with Crippen LogP contribution in [-0.4, -0.2) is 28.8 Å². The molecule has 1 aromatic heterocycles. The highest BCUT2D eigenvalue weighted by Crippen LogP contribution is 2.19. The standard InChI is InChI=1S/C15H19N3O3/c1-10(9-19)11(2)17-15(20)18-13-5-3-12(4-6-13)14-16-7-8-21-14/h3-8,10-11,19H,9H2,1-2H3,(H2,17,18,20). The molecule has 0 radical (unpaired) electrons. The van der Waals surface area contributed by atoms with Crippen molar-refractivity contribution < 1.29 is 14.3 Å². The minimum Gasteiger partial charge on any atom is -0.445 e. The quantitative estimate of drug-likeness (QED) is 0.789. The predicted molar refractivity (Wildman–Crippen MR) is 79.8 cm³/mol. The predicted octanol–water partition coefficient (Wildman–Crippen LogP) is 2.48. The van der Waals surface area contributed by atoms with Crippen molar-refractivity contribution in [2.24, 2.45) is 5.92 Å². The first-order chi connectivity index (χ1) is 10.1. The fourth-order valence-corrected chi connectivity index (χ4v) is 1.74. The second kappa shape index (κ2) is 6.90. The van der Waals surface area contributed by atoms with Crippen LogP contribution in [0.2, 0.25) is 0 Å². The summed E-state index contributed by atoms with van der Waals surface area (Å²) in [4.78, 5) is 15.9. The van der Waals surface area contributed by atoms with Gasteiger partial charge in [0.05, 0.1) is 6.20 Å². The van der Waals surface area contributed by atoms with Crippen LogP contribution in [-0.2, 0) is 0 Å². The number of benzene rings is 1. The second-order valence-corrected chi connectivity index (χ2v) is 4.96. The Bertz CT molecular complexity index is 566. The van der Waals surface area contributed by atoms with Gasteiger partial charge in [0.2, 0.25) is 5.89 Å².